The average molecular weight is 267 g/mol. The van der Waals surface area contributed by atoms with Gasteiger partial charge in [0.2, 0.25) is 0 Å². The van der Waals surface area contributed by atoms with Crippen LogP contribution in [0.4, 0.5) is 0 Å². The van der Waals surface area contributed by atoms with Gasteiger partial charge in [-0.15, -0.1) is 0 Å². The van der Waals surface area contributed by atoms with Gasteiger partial charge >= 0.3 is 0 Å². The van der Waals surface area contributed by atoms with E-state index in [1.165, 1.54) is 0 Å². The largest absolute Gasteiger partial charge is 0.493 e. The quantitative estimate of drug-likeness (QED) is 0.839. The van der Waals surface area contributed by atoms with Gasteiger partial charge in [0.05, 0.1) is 26.4 Å². The first kappa shape index (κ1) is 14.1. The third kappa shape index (κ3) is 3.59. The molecule has 1 fully saturated rings. The first-order chi connectivity index (χ1) is 9.24. The summed E-state index contributed by atoms with van der Waals surface area (Å²) in [4.78, 5) is 0. The van der Waals surface area contributed by atoms with Crippen LogP contribution in [0.25, 0.3) is 0 Å². The molecule has 1 aliphatic heterocycles. The lowest BCUT2D eigenvalue weighted by Crippen LogP contribution is -2.26. The molecule has 0 saturated carbocycles. The van der Waals surface area contributed by atoms with E-state index in [0.29, 0.717) is 11.5 Å². The molecule has 1 atom stereocenters. The average Bonchev–Trinajstić information content (AvgIpc) is 2.48. The number of ether oxygens (including phenoxy) is 3. The maximum Gasteiger partial charge on any atom is 0.161 e. The molecule has 1 unspecified atom stereocenters. The van der Waals surface area contributed by atoms with Crippen LogP contribution in [0.2, 0.25) is 0 Å². The highest BCUT2D eigenvalue weighted by Crippen LogP contribution is 2.32. The number of hydrogen-bond acceptors (Lipinski definition) is 5. The van der Waals surface area contributed by atoms with Gasteiger partial charge in [0.1, 0.15) is 6.10 Å². The van der Waals surface area contributed by atoms with Gasteiger partial charge in [-0.05, 0) is 17.7 Å². The van der Waals surface area contributed by atoms with Crippen LogP contribution in [0.5, 0.6) is 11.5 Å². The van der Waals surface area contributed by atoms with E-state index in [1.807, 2.05) is 12.1 Å². The highest BCUT2D eigenvalue weighted by atomic mass is 16.5. The van der Waals surface area contributed by atoms with E-state index >= 15 is 0 Å². The Morgan fingerprint density at radius 2 is 2.11 bits per heavy atom. The summed E-state index contributed by atoms with van der Waals surface area (Å²) < 4.78 is 16.5. The summed E-state index contributed by atoms with van der Waals surface area (Å²) in [5, 5.41) is 9.72. The van der Waals surface area contributed by atoms with Crippen LogP contribution in [0.15, 0.2) is 18.2 Å². The smallest absolute Gasteiger partial charge is 0.161 e. The Kier molecular flexibility index (Phi) is 5.01. The van der Waals surface area contributed by atoms with Crippen molar-refractivity contribution in [1.29, 1.82) is 0 Å². The molecule has 1 aliphatic rings. The summed E-state index contributed by atoms with van der Waals surface area (Å²) in [6.45, 7) is 1.65. The van der Waals surface area contributed by atoms with Crippen molar-refractivity contribution >= 4 is 0 Å². The summed E-state index contributed by atoms with van der Waals surface area (Å²) in [5.74, 6) is 1.32. The topological polar surface area (TPSA) is 73.9 Å². The van der Waals surface area contributed by atoms with Crippen molar-refractivity contribution in [3.63, 3.8) is 0 Å². The first-order valence-electron chi connectivity index (χ1n) is 6.55. The second-order valence-corrected chi connectivity index (χ2v) is 4.59. The fourth-order valence-corrected chi connectivity index (χ4v) is 2.10. The van der Waals surface area contributed by atoms with E-state index in [9.17, 15) is 5.11 Å². The number of benzene rings is 1. The Bertz CT molecular complexity index is 404. The highest BCUT2D eigenvalue weighted by molar-refractivity contribution is 5.43. The minimum Gasteiger partial charge on any atom is -0.493 e. The highest BCUT2D eigenvalue weighted by Gasteiger charge is 2.18. The SMILES string of the molecule is COc1cc(C(O)CN)ccc1OC1CCOCC1. The van der Waals surface area contributed by atoms with Crippen molar-refractivity contribution in [3.8, 4) is 11.5 Å². The Labute approximate surface area is 113 Å². The first-order valence-corrected chi connectivity index (χ1v) is 6.55. The van der Waals surface area contributed by atoms with E-state index in [0.717, 1.165) is 31.6 Å². The molecule has 0 bridgehead atoms. The molecular formula is C14H21NO4. The van der Waals surface area contributed by atoms with E-state index < -0.39 is 6.10 Å². The number of rotatable bonds is 5. The molecule has 0 amide bonds. The van der Waals surface area contributed by atoms with Crippen molar-refractivity contribution in [1.82, 2.24) is 0 Å². The Morgan fingerprint density at radius 3 is 2.74 bits per heavy atom. The van der Waals surface area contributed by atoms with Crippen LogP contribution in [0.3, 0.4) is 0 Å². The predicted octanol–water partition coefficient (Wildman–Crippen LogP) is 1.25. The van der Waals surface area contributed by atoms with Gasteiger partial charge in [-0.2, -0.15) is 0 Å². The van der Waals surface area contributed by atoms with Gasteiger partial charge in [0.15, 0.2) is 11.5 Å². The lowest BCUT2D eigenvalue weighted by Gasteiger charge is -2.24. The Morgan fingerprint density at radius 1 is 1.37 bits per heavy atom. The fourth-order valence-electron chi connectivity index (χ4n) is 2.10. The lowest BCUT2D eigenvalue weighted by atomic mass is 10.1. The zero-order chi connectivity index (χ0) is 13.7. The van der Waals surface area contributed by atoms with Crippen molar-refractivity contribution in [2.75, 3.05) is 26.9 Å². The van der Waals surface area contributed by atoms with E-state index in [1.54, 1.807) is 13.2 Å². The fraction of sp³-hybridized carbons (Fsp3) is 0.571. The molecular weight excluding hydrogens is 246 g/mol. The normalized spacial score (nSPS) is 18.1. The molecule has 106 valence electrons. The predicted molar refractivity (Wildman–Crippen MR) is 71.5 cm³/mol. The van der Waals surface area contributed by atoms with Gasteiger partial charge in [-0.1, -0.05) is 6.07 Å². The van der Waals surface area contributed by atoms with Gasteiger partial charge < -0.3 is 25.1 Å². The standard InChI is InChI=1S/C14H21NO4/c1-17-14-8-10(12(16)9-15)2-3-13(14)19-11-4-6-18-7-5-11/h2-3,8,11-12,16H,4-7,9,15H2,1H3. The zero-order valence-electron chi connectivity index (χ0n) is 11.2. The molecule has 1 aromatic rings. The molecule has 3 N–H and O–H groups in total. The van der Waals surface area contributed by atoms with Crippen LogP contribution in [0.1, 0.15) is 24.5 Å². The number of aliphatic hydroxyl groups is 1. The Hall–Kier alpha value is -1.30. The van der Waals surface area contributed by atoms with Gasteiger partial charge in [0, 0.05) is 19.4 Å². The molecule has 2 rings (SSSR count). The monoisotopic (exact) mass is 267 g/mol. The zero-order valence-corrected chi connectivity index (χ0v) is 11.2. The van der Waals surface area contributed by atoms with Gasteiger partial charge in [0.25, 0.3) is 0 Å². The summed E-state index contributed by atoms with van der Waals surface area (Å²) in [7, 11) is 1.59. The lowest BCUT2D eigenvalue weighted by molar-refractivity contribution is 0.0245. The van der Waals surface area contributed by atoms with Crippen molar-refractivity contribution in [2.24, 2.45) is 5.73 Å². The van der Waals surface area contributed by atoms with Crippen LogP contribution in [0, 0.1) is 0 Å². The van der Waals surface area contributed by atoms with Gasteiger partial charge in [-0.3, -0.25) is 0 Å². The summed E-state index contributed by atoms with van der Waals surface area (Å²) >= 11 is 0. The molecule has 0 aromatic heterocycles. The summed E-state index contributed by atoms with van der Waals surface area (Å²) in [5.41, 5.74) is 6.18. The number of methoxy groups -OCH3 is 1. The van der Waals surface area contributed by atoms with E-state index in [4.69, 9.17) is 19.9 Å². The second kappa shape index (κ2) is 6.75. The van der Waals surface area contributed by atoms with Crippen LogP contribution in [-0.4, -0.2) is 38.1 Å². The van der Waals surface area contributed by atoms with Crippen LogP contribution < -0.4 is 15.2 Å². The van der Waals surface area contributed by atoms with Crippen molar-refractivity contribution in [2.45, 2.75) is 25.0 Å². The van der Waals surface area contributed by atoms with Crippen LogP contribution >= 0.6 is 0 Å². The maximum atomic E-state index is 9.72. The van der Waals surface area contributed by atoms with Gasteiger partial charge in [-0.25, -0.2) is 0 Å². The molecule has 0 spiro atoms. The number of nitrogens with two attached hydrogens (primary N) is 1. The van der Waals surface area contributed by atoms with Crippen LogP contribution in [-0.2, 0) is 4.74 Å². The number of hydrogen-bond donors (Lipinski definition) is 2. The summed E-state index contributed by atoms with van der Waals surface area (Å²) in [6.07, 6.45) is 1.26. The molecule has 1 saturated heterocycles. The molecule has 5 nitrogen and oxygen atoms in total. The second-order valence-electron chi connectivity index (χ2n) is 4.59. The third-order valence-electron chi connectivity index (χ3n) is 3.26. The van der Waals surface area contributed by atoms with E-state index in [-0.39, 0.29) is 12.6 Å². The number of aliphatic hydroxyl groups excluding tert-OH is 1. The molecule has 19 heavy (non-hydrogen) atoms. The van der Waals surface area contributed by atoms with E-state index in [2.05, 4.69) is 0 Å². The minimum absolute atomic E-state index is 0.160. The minimum atomic E-state index is -0.675. The maximum absolute atomic E-state index is 9.72. The molecule has 5 heteroatoms. The molecule has 0 radical (unpaired) electrons. The third-order valence-corrected chi connectivity index (χ3v) is 3.26. The molecule has 1 heterocycles. The molecule has 1 aromatic carbocycles. The summed E-state index contributed by atoms with van der Waals surface area (Å²) in [6, 6.07) is 5.41. The Balaban J connectivity index is 2.11. The molecule has 0 aliphatic carbocycles. The van der Waals surface area contributed by atoms with Crippen molar-refractivity contribution < 1.29 is 19.3 Å². The van der Waals surface area contributed by atoms with Crippen molar-refractivity contribution in [3.05, 3.63) is 23.8 Å².